The largest absolute Gasteiger partial charge is 0.348 e. The van der Waals surface area contributed by atoms with Crippen LogP contribution in [0.15, 0.2) is 54.1 Å². The first-order valence-electron chi connectivity index (χ1n) is 6.39. The van der Waals surface area contributed by atoms with Crippen molar-refractivity contribution in [2.75, 3.05) is 0 Å². The van der Waals surface area contributed by atoms with Gasteiger partial charge in [-0.15, -0.1) is 0 Å². The molecule has 1 aliphatic rings. The third-order valence-corrected chi connectivity index (χ3v) is 3.41. The second kappa shape index (κ2) is 5.67. The van der Waals surface area contributed by atoms with Crippen molar-refractivity contribution in [3.05, 3.63) is 59.7 Å². The fourth-order valence-electron chi connectivity index (χ4n) is 1.95. The highest BCUT2D eigenvalue weighted by Crippen LogP contribution is 2.21. The van der Waals surface area contributed by atoms with Crippen LogP contribution < -0.4 is 5.32 Å². The summed E-state index contributed by atoms with van der Waals surface area (Å²) in [5, 5.41) is 2.95. The second-order valence-corrected chi connectivity index (χ2v) is 4.87. The SMILES string of the molecule is CC1C=CC(C(=O)NCc2ccccc2)=CC1C. The predicted molar refractivity (Wildman–Crippen MR) is 73.8 cm³/mol. The van der Waals surface area contributed by atoms with Gasteiger partial charge in [0.25, 0.3) is 5.91 Å². The van der Waals surface area contributed by atoms with Crippen LogP contribution in [-0.4, -0.2) is 5.91 Å². The van der Waals surface area contributed by atoms with Gasteiger partial charge >= 0.3 is 0 Å². The molecule has 1 aromatic rings. The van der Waals surface area contributed by atoms with Crippen molar-refractivity contribution in [3.8, 4) is 0 Å². The van der Waals surface area contributed by atoms with Gasteiger partial charge in [-0.1, -0.05) is 62.4 Å². The molecule has 94 valence electrons. The van der Waals surface area contributed by atoms with Crippen LogP contribution in [0.4, 0.5) is 0 Å². The van der Waals surface area contributed by atoms with E-state index in [1.807, 2.05) is 42.5 Å². The Morgan fingerprint density at radius 2 is 1.89 bits per heavy atom. The Labute approximate surface area is 108 Å². The van der Waals surface area contributed by atoms with Crippen LogP contribution in [-0.2, 0) is 11.3 Å². The molecule has 18 heavy (non-hydrogen) atoms. The Hall–Kier alpha value is -1.83. The second-order valence-electron chi connectivity index (χ2n) is 4.87. The predicted octanol–water partition coefficient (Wildman–Crippen LogP) is 3.07. The summed E-state index contributed by atoms with van der Waals surface area (Å²) in [6.45, 7) is 4.88. The van der Waals surface area contributed by atoms with Gasteiger partial charge in [-0.25, -0.2) is 0 Å². The molecule has 0 fully saturated rings. The Kier molecular flexibility index (Phi) is 3.98. The van der Waals surface area contributed by atoms with Crippen LogP contribution >= 0.6 is 0 Å². The van der Waals surface area contributed by atoms with E-state index in [0.717, 1.165) is 11.1 Å². The first-order valence-corrected chi connectivity index (χ1v) is 6.39. The van der Waals surface area contributed by atoms with Gasteiger partial charge in [-0.05, 0) is 17.4 Å². The smallest absolute Gasteiger partial charge is 0.251 e. The number of carbonyl (C=O) groups excluding carboxylic acids is 1. The molecule has 0 saturated carbocycles. The zero-order valence-corrected chi connectivity index (χ0v) is 10.9. The van der Waals surface area contributed by atoms with Crippen molar-refractivity contribution >= 4 is 5.91 Å². The van der Waals surface area contributed by atoms with Crippen molar-refractivity contribution in [2.24, 2.45) is 11.8 Å². The summed E-state index contributed by atoms with van der Waals surface area (Å²) in [6, 6.07) is 9.95. The maximum Gasteiger partial charge on any atom is 0.251 e. The molecule has 2 rings (SSSR count). The van der Waals surface area contributed by atoms with Crippen LogP contribution in [0, 0.1) is 11.8 Å². The number of carbonyl (C=O) groups is 1. The number of benzene rings is 1. The molecular weight excluding hydrogens is 222 g/mol. The number of nitrogens with one attached hydrogen (secondary N) is 1. The van der Waals surface area contributed by atoms with Crippen molar-refractivity contribution in [3.63, 3.8) is 0 Å². The van der Waals surface area contributed by atoms with Gasteiger partial charge in [0.15, 0.2) is 0 Å². The lowest BCUT2D eigenvalue weighted by molar-refractivity contribution is -0.117. The Morgan fingerprint density at radius 1 is 1.17 bits per heavy atom. The summed E-state index contributed by atoms with van der Waals surface area (Å²) in [7, 11) is 0. The summed E-state index contributed by atoms with van der Waals surface area (Å²) in [5.41, 5.74) is 1.89. The van der Waals surface area contributed by atoms with Gasteiger partial charge in [0.1, 0.15) is 0 Å². The molecular formula is C16H19NO. The van der Waals surface area contributed by atoms with E-state index in [1.165, 1.54) is 0 Å². The maximum atomic E-state index is 12.0. The van der Waals surface area contributed by atoms with Gasteiger partial charge < -0.3 is 5.32 Å². The van der Waals surface area contributed by atoms with E-state index in [0.29, 0.717) is 18.4 Å². The van der Waals surface area contributed by atoms with E-state index in [2.05, 4.69) is 25.2 Å². The summed E-state index contributed by atoms with van der Waals surface area (Å²) in [5.74, 6) is 0.942. The zero-order valence-electron chi connectivity index (χ0n) is 10.9. The van der Waals surface area contributed by atoms with Crippen LogP contribution in [0.5, 0.6) is 0 Å². The zero-order chi connectivity index (χ0) is 13.0. The molecule has 2 atom stereocenters. The molecule has 1 aliphatic carbocycles. The topological polar surface area (TPSA) is 29.1 Å². The van der Waals surface area contributed by atoms with Gasteiger partial charge in [0.2, 0.25) is 0 Å². The normalized spacial score (nSPS) is 22.4. The molecule has 0 aliphatic heterocycles. The summed E-state index contributed by atoms with van der Waals surface area (Å²) in [6.07, 6.45) is 6.07. The molecule has 2 nitrogen and oxygen atoms in total. The number of hydrogen-bond donors (Lipinski definition) is 1. The monoisotopic (exact) mass is 241 g/mol. The highest BCUT2D eigenvalue weighted by atomic mass is 16.1. The lowest BCUT2D eigenvalue weighted by Crippen LogP contribution is -2.25. The molecule has 0 bridgehead atoms. The van der Waals surface area contributed by atoms with Crippen LogP contribution in [0.25, 0.3) is 0 Å². The minimum atomic E-state index is 0.00820. The van der Waals surface area contributed by atoms with Gasteiger partial charge in [0, 0.05) is 12.1 Å². The van der Waals surface area contributed by atoms with Gasteiger partial charge in [-0.3, -0.25) is 4.79 Å². The van der Waals surface area contributed by atoms with E-state index >= 15 is 0 Å². The first-order chi connectivity index (χ1) is 8.66. The first kappa shape index (κ1) is 12.6. The summed E-state index contributed by atoms with van der Waals surface area (Å²) in [4.78, 5) is 12.0. The lowest BCUT2D eigenvalue weighted by atomic mass is 9.88. The maximum absolute atomic E-state index is 12.0. The van der Waals surface area contributed by atoms with Crippen molar-refractivity contribution in [1.29, 1.82) is 0 Å². The van der Waals surface area contributed by atoms with E-state index in [1.54, 1.807) is 0 Å². The molecule has 2 unspecified atom stereocenters. The van der Waals surface area contributed by atoms with E-state index < -0.39 is 0 Å². The average Bonchev–Trinajstić information content (AvgIpc) is 2.40. The Bertz CT molecular complexity index is 473. The Balaban J connectivity index is 1.93. The van der Waals surface area contributed by atoms with Crippen LogP contribution in [0.3, 0.4) is 0 Å². The third-order valence-electron chi connectivity index (χ3n) is 3.41. The van der Waals surface area contributed by atoms with Crippen molar-refractivity contribution < 1.29 is 4.79 Å². The number of amides is 1. The molecule has 0 aromatic heterocycles. The highest BCUT2D eigenvalue weighted by Gasteiger charge is 2.15. The molecule has 0 heterocycles. The average molecular weight is 241 g/mol. The van der Waals surface area contributed by atoms with E-state index in [9.17, 15) is 4.79 Å². The van der Waals surface area contributed by atoms with Crippen LogP contribution in [0.2, 0.25) is 0 Å². The van der Waals surface area contributed by atoms with E-state index in [-0.39, 0.29) is 5.91 Å². The number of allylic oxidation sites excluding steroid dienone is 2. The number of rotatable bonds is 3. The standard InChI is InChI=1S/C16H19NO/c1-12-8-9-15(10-13(12)2)16(18)17-11-14-6-4-3-5-7-14/h3-10,12-13H,11H2,1-2H3,(H,17,18). The summed E-state index contributed by atoms with van der Waals surface area (Å²) < 4.78 is 0. The minimum Gasteiger partial charge on any atom is -0.348 e. The Morgan fingerprint density at radius 3 is 2.56 bits per heavy atom. The summed E-state index contributed by atoms with van der Waals surface area (Å²) >= 11 is 0. The minimum absolute atomic E-state index is 0.00820. The van der Waals surface area contributed by atoms with Gasteiger partial charge in [0.05, 0.1) is 0 Å². The quantitative estimate of drug-likeness (QED) is 0.865. The van der Waals surface area contributed by atoms with Crippen LogP contribution in [0.1, 0.15) is 19.4 Å². The van der Waals surface area contributed by atoms with Crippen molar-refractivity contribution in [1.82, 2.24) is 5.32 Å². The van der Waals surface area contributed by atoms with Crippen molar-refractivity contribution in [2.45, 2.75) is 20.4 Å². The van der Waals surface area contributed by atoms with E-state index in [4.69, 9.17) is 0 Å². The molecule has 0 spiro atoms. The molecule has 2 heteroatoms. The molecule has 0 saturated heterocycles. The third kappa shape index (κ3) is 3.10. The molecule has 1 amide bonds. The molecule has 1 aromatic carbocycles. The molecule has 0 radical (unpaired) electrons. The fourth-order valence-corrected chi connectivity index (χ4v) is 1.95. The molecule has 1 N–H and O–H groups in total. The van der Waals surface area contributed by atoms with Gasteiger partial charge in [-0.2, -0.15) is 0 Å². The highest BCUT2D eigenvalue weighted by molar-refractivity contribution is 5.96. The lowest BCUT2D eigenvalue weighted by Gasteiger charge is -2.18. The fraction of sp³-hybridized carbons (Fsp3) is 0.312. The number of hydrogen-bond acceptors (Lipinski definition) is 1.